The number of amides is 1. The Hall–Kier alpha value is -1.21. The van der Waals surface area contributed by atoms with Crippen molar-refractivity contribution in [3.05, 3.63) is 0 Å². The van der Waals surface area contributed by atoms with Gasteiger partial charge in [-0.05, 0) is 12.8 Å². The second-order valence-electron chi connectivity index (χ2n) is 26.4. The summed E-state index contributed by atoms with van der Waals surface area (Å²) in [5.74, 6) is -0.239. The van der Waals surface area contributed by atoms with Gasteiger partial charge in [-0.1, -0.05) is 284 Å². The third-order valence-corrected chi connectivity index (χ3v) is 18.7. The molecular weight excluding hydrogens is 1130 g/mol. The van der Waals surface area contributed by atoms with E-state index in [1.807, 2.05) is 0 Å². The van der Waals surface area contributed by atoms with E-state index in [0.29, 0.717) is 12.8 Å². The summed E-state index contributed by atoms with van der Waals surface area (Å²) in [7, 11) is 0. The molecule has 19 nitrogen and oxygen atoms in total. The molecule has 17 atom stereocenters. The van der Waals surface area contributed by atoms with Gasteiger partial charge in [0.25, 0.3) is 0 Å². The largest absolute Gasteiger partial charge is 0.394 e. The molecule has 0 saturated carbocycles. The van der Waals surface area contributed by atoms with Crippen molar-refractivity contribution in [1.82, 2.24) is 5.32 Å². The Morgan fingerprint density at radius 2 is 0.648 bits per heavy atom. The molecule has 12 N–H and O–H groups in total. The molecule has 0 aliphatic carbocycles. The highest BCUT2D eigenvalue weighted by Gasteiger charge is 2.53. The molecule has 0 aromatic carbocycles. The number of hydrogen-bond acceptors (Lipinski definition) is 18. The molecule has 522 valence electrons. The molecule has 3 heterocycles. The number of nitrogens with one attached hydrogen (secondary N) is 1. The summed E-state index contributed by atoms with van der Waals surface area (Å²) < 4.78 is 34.3. The molecule has 19 heteroatoms. The van der Waals surface area contributed by atoms with Gasteiger partial charge in [0.15, 0.2) is 18.9 Å². The first-order chi connectivity index (χ1) is 42.8. The number of rotatable bonds is 57. The fourth-order valence-corrected chi connectivity index (χ4v) is 12.8. The fourth-order valence-electron chi connectivity index (χ4n) is 12.8. The quantitative estimate of drug-likeness (QED) is 0.0252. The minimum atomic E-state index is -1.97. The van der Waals surface area contributed by atoms with Crippen LogP contribution in [0.5, 0.6) is 0 Å². The monoisotopic (exact) mass is 1260 g/mol. The Morgan fingerprint density at radius 3 is 0.989 bits per heavy atom. The van der Waals surface area contributed by atoms with Crippen molar-refractivity contribution < 1.29 is 89.4 Å². The fraction of sp³-hybridized carbons (Fsp3) is 0.986. The number of carbonyl (C=O) groups excluding carboxylic acids is 1. The van der Waals surface area contributed by atoms with E-state index in [0.717, 1.165) is 44.9 Å². The second-order valence-corrected chi connectivity index (χ2v) is 26.4. The molecule has 3 fully saturated rings. The standard InChI is InChI=1S/C69H133NO18/c1-3-5-7-9-11-13-14-15-16-17-18-19-20-21-22-23-24-25-26-27-28-29-30-31-32-33-34-35-36-37-38-39-41-43-45-47-57(75)70-52(53(74)46-44-42-40-12-10-8-6-4-2)51-83-67-63(81)60(78)65(55(49-72)85-67)88-69-64(82)61(79)66(56(50-73)86-69)87-68-62(80)59(77)58(76)54(48-71)84-68/h52-56,58-69,71-74,76-82H,3-51H2,1-2H3,(H,70,75). The normalized spacial score (nSPS) is 28.3. The lowest BCUT2D eigenvalue weighted by atomic mass is 9.96. The van der Waals surface area contributed by atoms with Crippen LogP contribution in [0.3, 0.4) is 0 Å². The van der Waals surface area contributed by atoms with Gasteiger partial charge >= 0.3 is 0 Å². The molecule has 0 radical (unpaired) electrons. The first kappa shape index (κ1) is 81.0. The second kappa shape index (κ2) is 52.1. The van der Waals surface area contributed by atoms with E-state index in [-0.39, 0.29) is 18.9 Å². The molecule has 88 heavy (non-hydrogen) atoms. The molecular formula is C69H133NO18. The van der Waals surface area contributed by atoms with Gasteiger partial charge in [0.05, 0.1) is 38.6 Å². The first-order valence-electron chi connectivity index (χ1n) is 36.3. The van der Waals surface area contributed by atoms with E-state index in [9.17, 15) is 61.0 Å². The Kier molecular flexibility index (Phi) is 48.0. The third-order valence-electron chi connectivity index (χ3n) is 18.7. The summed E-state index contributed by atoms with van der Waals surface area (Å²) in [5, 5.41) is 120. The predicted molar refractivity (Wildman–Crippen MR) is 342 cm³/mol. The number of aliphatic hydroxyl groups excluding tert-OH is 11. The Morgan fingerprint density at radius 1 is 0.364 bits per heavy atom. The van der Waals surface area contributed by atoms with Crippen LogP contribution in [0.25, 0.3) is 0 Å². The molecule has 0 bridgehead atoms. The number of hydrogen-bond donors (Lipinski definition) is 12. The molecule has 3 rings (SSSR count). The lowest BCUT2D eigenvalue weighted by molar-refractivity contribution is -0.379. The van der Waals surface area contributed by atoms with Crippen LogP contribution in [0, 0.1) is 0 Å². The van der Waals surface area contributed by atoms with Crippen molar-refractivity contribution in [2.45, 2.75) is 407 Å². The van der Waals surface area contributed by atoms with Crippen molar-refractivity contribution in [2.24, 2.45) is 0 Å². The average Bonchev–Trinajstić information content (AvgIpc) is 1.15. The minimum absolute atomic E-state index is 0.239. The summed E-state index contributed by atoms with van der Waals surface area (Å²) in [6.07, 6.45) is 29.8. The number of ether oxygens (including phenoxy) is 6. The van der Waals surface area contributed by atoms with E-state index in [2.05, 4.69) is 19.2 Å². The summed E-state index contributed by atoms with van der Waals surface area (Å²) in [5.41, 5.74) is 0. The van der Waals surface area contributed by atoms with Crippen molar-refractivity contribution in [3.8, 4) is 0 Å². The molecule has 3 saturated heterocycles. The highest BCUT2D eigenvalue weighted by Crippen LogP contribution is 2.33. The minimum Gasteiger partial charge on any atom is -0.394 e. The predicted octanol–water partition coefficient (Wildman–Crippen LogP) is 9.89. The van der Waals surface area contributed by atoms with Gasteiger partial charge in [0.1, 0.15) is 73.2 Å². The van der Waals surface area contributed by atoms with Crippen LogP contribution in [-0.4, -0.2) is 193 Å². The zero-order chi connectivity index (χ0) is 64.0. The van der Waals surface area contributed by atoms with E-state index in [1.54, 1.807) is 0 Å². The maximum atomic E-state index is 13.3. The van der Waals surface area contributed by atoms with Gasteiger partial charge in [-0.25, -0.2) is 0 Å². The number of unbranched alkanes of at least 4 members (excludes halogenated alkanes) is 41. The molecule has 3 aliphatic heterocycles. The Bertz CT molecular complexity index is 1600. The maximum absolute atomic E-state index is 13.3. The molecule has 0 aromatic rings. The molecule has 1 amide bonds. The number of aliphatic hydroxyl groups is 11. The van der Waals surface area contributed by atoms with Gasteiger partial charge in [-0.3, -0.25) is 4.79 Å². The van der Waals surface area contributed by atoms with Gasteiger partial charge < -0.3 is 89.9 Å². The zero-order valence-corrected chi connectivity index (χ0v) is 55.2. The first-order valence-corrected chi connectivity index (χ1v) is 36.3. The van der Waals surface area contributed by atoms with Crippen LogP contribution >= 0.6 is 0 Å². The SMILES string of the molecule is CCCCCCCCCCCCCCCCCCCCCCCCCCCCCCCCCCCCCC(=O)NC(COC1OC(CO)C(OC2OC(CO)C(OC3OC(CO)C(O)C(O)C3O)C(O)C2O)C(O)C1O)C(O)CCCCCCCCCC. The van der Waals surface area contributed by atoms with Crippen molar-refractivity contribution in [2.75, 3.05) is 26.4 Å². The molecule has 3 aliphatic rings. The van der Waals surface area contributed by atoms with E-state index in [4.69, 9.17) is 28.4 Å². The van der Waals surface area contributed by atoms with Crippen LogP contribution in [0.15, 0.2) is 0 Å². The molecule has 0 spiro atoms. The summed E-state index contributed by atoms with van der Waals surface area (Å²) in [4.78, 5) is 13.3. The lowest BCUT2D eigenvalue weighted by Gasteiger charge is -2.48. The van der Waals surface area contributed by atoms with Gasteiger partial charge in [0.2, 0.25) is 5.91 Å². The van der Waals surface area contributed by atoms with Crippen molar-refractivity contribution in [1.29, 1.82) is 0 Å². The van der Waals surface area contributed by atoms with Crippen molar-refractivity contribution >= 4 is 5.91 Å². The van der Waals surface area contributed by atoms with Crippen LogP contribution < -0.4 is 5.32 Å². The van der Waals surface area contributed by atoms with E-state index in [1.165, 1.54) is 225 Å². The zero-order valence-electron chi connectivity index (χ0n) is 55.2. The van der Waals surface area contributed by atoms with Crippen LogP contribution in [-0.2, 0) is 33.2 Å². The summed E-state index contributed by atoms with van der Waals surface area (Å²) >= 11 is 0. The highest BCUT2D eigenvalue weighted by molar-refractivity contribution is 5.76. The Labute approximate surface area is 532 Å². The lowest BCUT2D eigenvalue weighted by Crippen LogP contribution is -2.66. The van der Waals surface area contributed by atoms with Crippen LogP contribution in [0.1, 0.15) is 303 Å². The van der Waals surface area contributed by atoms with E-state index < -0.39 is 124 Å². The number of carbonyl (C=O) groups is 1. The van der Waals surface area contributed by atoms with Gasteiger partial charge in [-0.15, -0.1) is 0 Å². The van der Waals surface area contributed by atoms with Crippen molar-refractivity contribution in [3.63, 3.8) is 0 Å². The maximum Gasteiger partial charge on any atom is 0.220 e. The molecule has 17 unspecified atom stereocenters. The van der Waals surface area contributed by atoms with Gasteiger partial charge in [0, 0.05) is 6.42 Å². The molecule has 0 aromatic heterocycles. The summed E-state index contributed by atoms with van der Waals surface area (Å²) in [6, 6.07) is -0.879. The smallest absolute Gasteiger partial charge is 0.220 e. The van der Waals surface area contributed by atoms with Crippen LogP contribution in [0.2, 0.25) is 0 Å². The highest BCUT2D eigenvalue weighted by atomic mass is 16.8. The topological polar surface area (TPSA) is 307 Å². The van der Waals surface area contributed by atoms with Crippen LogP contribution in [0.4, 0.5) is 0 Å². The van der Waals surface area contributed by atoms with Gasteiger partial charge in [-0.2, -0.15) is 0 Å². The Balaban J connectivity index is 1.27. The summed E-state index contributed by atoms with van der Waals surface area (Å²) in [6.45, 7) is 1.78. The average molecular weight is 1260 g/mol. The van der Waals surface area contributed by atoms with E-state index >= 15 is 0 Å². The third kappa shape index (κ3) is 33.8.